The molecule has 7 heteroatoms. The Bertz CT molecular complexity index is 796. The van der Waals surface area contributed by atoms with Crippen molar-refractivity contribution in [3.8, 4) is 0 Å². The molecule has 1 aliphatic rings. The first-order valence-corrected chi connectivity index (χ1v) is 10.8. The predicted octanol–water partition coefficient (Wildman–Crippen LogP) is 3.55. The van der Waals surface area contributed by atoms with Crippen LogP contribution < -0.4 is 10.2 Å². The van der Waals surface area contributed by atoms with Gasteiger partial charge in [0.2, 0.25) is 0 Å². The van der Waals surface area contributed by atoms with Crippen LogP contribution in [0.2, 0.25) is 0 Å². The Morgan fingerprint density at radius 1 is 1.29 bits per heavy atom. The third-order valence-electron chi connectivity index (χ3n) is 5.20. The lowest BCUT2D eigenvalue weighted by Gasteiger charge is -2.36. The molecule has 2 heterocycles. The van der Waals surface area contributed by atoms with Gasteiger partial charge < -0.3 is 10.2 Å². The maximum atomic E-state index is 12.3. The number of H-pyrrole nitrogens is 1. The molecule has 1 aromatic heterocycles. The molecule has 152 valence electrons. The van der Waals surface area contributed by atoms with Gasteiger partial charge in [0.15, 0.2) is 5.69 Å². The fourth-order valence-corrected chi connectivity index (χ4v) is 4.33. The van der Waals surface area contributed by atoms with Crippen molar-refractivity contribution in [2.24, 2.45) is 0 Å². The number of carbonyl (C=O) groups excluding carboxylic acids is 1. The monoisotopic (exact) mass is 447 g/mol. The number of hydrogen-bond donors (Lipinski definition) is 2. The fraction of sp³-hybridized carbons (Fsp3) is 0.524. The van der Waals surface area contributed by atoms with Crippen LogP contribution in [0.25, 0.3) is 0 Å². The quantitative estimate of drug-likeness (QED) is 0.636. The fourth-order valence-electron chi connectivity index (χ4n) is 3.52. The zero-order chi connectivity index (χ0) is 20.1. The van der Waals surface area contributed by atoms with Crippen LogP contribution in [0.15, 0.2) is 28.7 Å². The first-order chi connectivity index (χ1) is 13.5. The van der Waals surface area contributed by atoms with Crippen LogP contribution in [-0.2, 0) is 0 Å². The van der Waals surface area contributed by atoms with E-state index in [2.05, 4.69) is 86.3 Å². The summed E-state index contributed by atoms with van der Waals surface area (Å²) in [5.41, 5.74) is 4.02. The van der Waals surface area contributed by atoms with E-state index in [9.17, 15) is 4.79 Å². The van der Waals surface area contributed by atoms with Gasteiger partial charge in [0, 0.05) is 38.4 Å². The lowest BCUT2D eigenvalue weighted by atomic mass is 10.1. The highest BCUT2D eigenvalue weighted by Gasteiger charge is 2.20. The minimum Gasteiger partial charge on any atom is -0.369 e. The highest BCUT2D eigenvalue weighted by molar-refractivity contribution is 9.10. The van der Waals surface area contributed by atoms with Gasteiger partial charge in [0.05, 0.1) is 10.2 Å². The Morgan fingerprint density at radius 2 is 2.04 bits per heavy atom. The molecule has 0 saturated carbocycles. The van der Waals surface area contributed by atoms with Crippen LogP contribution in [0, 0.1) is 6.92 Å². The van der Waals surface area contributed by atoms with Crippen LogP contribution in [-0.4, -0.2) is 60.3 Å². The molecule has 28 heavy (non-hydrogen) atoms. The first-order valence-electron chi connectivity index (χ1n) is 10.0. The van der Waals surface area contributed by atoms with Gasteiger partial charge in [-0.05, 0) is 59.4 Å². The van der Waals surface area contributed by atoms with Gasteiger partial charge in [-0.3, -0.25) is 14.8 Å². The molecule has 0 unspecified atom stereocenters. The average Bonchev–Trinajstić information content (AvgIpc) is 3.07. The van der Waals surface area contributed by atoms with Gasteiger partial charge in [-0.15, -0.1) is 0 Å². The van der Waals surface area contributed by atoms with E-state index >= 15 is 0 Å². The second-order valence-electron chi connectivity index (χ2n) is 7.73. The minimum atomic E-state index is -0.126. The van der Waals surface area contributed by atoms with Crippen molar-refractivity contribution in [1.82, 2.24) is 20.4 Å². The third-order valence-corrected chi connectivity index (χ3v) is 6.00. The Morgan fingerprint density at radius 3 is 2.68 bits per heavy atom. The number of amides is 1. The number of aromatic nitrogens is 2. The van der Waals surface area contributed by atoms with Gasteiger partial charge in [-0.2, -0.15) is 5.10 Å². The SMILES string of the molecule is Cc1cccc(N2CCN(CCCNC(=O)c3n[nH]c(C(C)C)c3Br)CC2)c1. The van der Waals surface area contributed by atoms with E-state index < -0.39 is 0 Å². The summed E-state index contributed by atoms with van der Waals surface area (Å²) in [6.07, 6.45) is 0.940. The smallest absolute Gasteiger partial charge is 0.272 e. The summed E-state index contributed by atoms with van der Waals surface area (Å²) in [6, 6.07) is 8.71. The molecule has 6 nitrogen and oxygen atoms in total. The van der Waals surface area contributed by atoms with Crippen molar-refractivity contribution >= 4 is 27.5 Å². The van der Waals surface area contributed by atoms with Crippen LogP contribution in [0.5, 0.6) is 0 Å². The van der Waals surface area contributed by atoms with E-state index in [1.165, 1.54) is 11.3 Å². The Kier molecular flexibility index (Phi) is 7.13. The summed E-state index contributed by atoms with van der Waals surface area (Å²) in [5, 5.41) is 10.1. The molecule has 0 radical (unpaired) electrons. The molecule has 0 atom stereocenters. The Hall–Kier alpha value is -1.86. The highest BCUT2D eigenvalue weighted by atomic mass is 79.9. The maximum Gasteiger partial charge on any atom is 0.272 e. The van der Waals surface area contributed by atoms with Gasteiger partial charge >= 0.3 is 0 Å². The number of hydrogen-bond acceptors (Lipinski definition) is 4. The molecule has 1 aliphatic heterocycles. The summed E-state index contributed by atoms with van der Waals surface area (Å²) in [6.45, 7) is 12.2. The molecule has 2 N–H and O–H groups in total. The van der Waals surface area contributed by atoms with Gasteiger partial charge in [-0.1, -0.05) is 26.0 Å². The normalized spacial score (nSPS) is 15.2. The van der Waals surface area contributed by atoms with Crippen LogP contribution in [0.1, 0.15) is 47.9 Å². The molecule has 0 bridgehead atoms. The summed E-state index contributed by atoms with van der Waals surface area (Å²) < 4.78 is 0.771. The van der Waals surface area contributed by atoms with Crippen molar-refractivity contribution in [3.63, 3.8) is 0 Å². The van der Waals surface area contributed by atoms with Crippen LogP contribution >= 0.6 is 15.9 Å². The molecule has 0 aliphatic carbocycles. The minimum absolute atomic E-state index is 0.126. The summed E-state index contributed by atoms with van der Waals surface area (Å²) in [7, 11) is 0. The molecular formula is C21H30BrN5O. The van der Waals surface area contributed by atoms with Crippen molar-refractivity contribution in [2.75, 3.05) is 44.2 Å². The number of benzene rings is 1. The first kappa shape index (κ1) is 20.9. The standard InChI is InChI=1S/C21H30BrN5O/c1-15(2)19-18(22)20(25-24-19)21(28)23-8-5-9-26-10-12-27(13-11-26)17-7-4-6-16(3)14-17/h4,6-7,14-15H,5,8-13H2,1-3H3,(H,23,28)(H,24,25). The predicted molar refractivity (Wildman–Crippen MR) is 117 cm³/mol. The second-order valence-corrected chi connectivity index (χ2v) is 8.52. The third kappa shape index (κ3) is 5.14. The van der Waals surface area contributed by atoms with Gasteiger partial charge in [-0.25, -0.2) is 0 Å². The Labute approximate surface area is 175 Å². The number of aryl methyl sites for hydroxylation is 1. The van der Waals surface area contributed by atoms with Gasteiger partial charge in [0.1, 0.15) is 0 Å². The number of piperazine rings is 1. The lowest BCUT2D eigenvalue weighted by molar-refractivity contribution is 0.0945. The average molecular weight is 448 g/mol. The summed E-state index contributed by atoms with van der Waals surface area (Å²) >= 11 is 3.49. The molecule has 2 aromatic rings. The number of halogens is 1. The maximum absolute atomic E-state index is 12.3. The molecule has 1 amide bonds. The zero-order valence-corrected chi connectivity index (χ0v) is 18.6. The zero-order valence-electron chi connectivity index (χ0n) is 17.0. The topological polar surface area (TPSA) is 64.3 Å². The number of nitrogens with zero attached hydrogens (tertiary/aromatic N) is 3. The molecule has 3 rings (SSSR count). The van der Waals surface area contributed by atoms with E-state index in [-0.39, 0.29) is 5.91 Å². The van der Waals surface area contributed by atoms with Crippen molar-refractivity contribution in [3.05, 3.63) is 45.7 Å². The van der Waals surface area contributed by atoms with Crippen LogP contribution in [0.4, 0.5) is 5.69 Å². The van der Waals surface area contributed by atoms with E-state index in [0.717, 1.165) is 49.3 Å². The van der Waals surface area contributed by atoms with E-state index in [4.69, 9.17) is 0 Å². The molecule has 1 fully saturated rings. The highest BCUT2D eigenvalue weighted by Crippen LogP contribution is 2.25. The number of nitrogens with one attached hydrogen (secondary N) is 2. The second kappa shape index (κ2) is 9.56. The molecular weight excluding hydrogens is 418 g/mol. The largest absolute Gasteiger partial charge is 0.369 e. The molecule has 1 saturated heterocycles. The van der Waals surface area contributed by atoms with E-state index in [1.807, 2.05) is 0 Å². The summed E-state index contributed by atoms with van der Waals surface area (Å²) in [4.78, 5) is 17.3. The lowest BCUT2D eigenvalue weighted by Crippen LogP contribution is -2.47. The number of anilines is 1. The molecule has 1 aromatic carbocycles. The van der Waals surface area contributed by atoms with Gasteiger partial charge in [0.25, 0.3) is 5.91 Å². The number of aromatic amines is 1. The van der Waals surface area contributed by atoms with E-state index in [0.29, 0.717) is 18.2 Å². The Balaban J connectivity index is 1.38. The van der Waals surface area contributed by atoms with E-state index in [1.54, 1.807) is 0 Å². The molecule has 0 spiro atoms. The number of carbonyl (C=O) groups is 1. The number of rotatable bonds is 7. The van der Waals surface area contributed by atoms with Crippen molar-refractivity contribution in [1.29, 1.82) is 0 Å². The van der Waals surface area contributed by atoms with Crippen molar-refractivity contribution < 1.29 is 4.79 Å². The summed E-state index contributed by atoms with van der Waals surface area (Å²) in [5.74, 6) is 0.168. The van der Waals surface area contributed by atoms with Crippen molar-refractivity contribution in [2.45, 2.75) is 33.1 Å². The van der Waals surface area contributed by atoms with Crippen LogP contribution in [0.3, 0.4) is 0 Å².